The van der Waals surface area contributed by atoms with E-state index in [0.717, 1.165) is 18.2 Å². The van der Waals surface area contributed by atoms with Crippen LogP contribution < -0.4 is 10.1 Å². The molecule has 0 spiro atoms. The summed E-state index contributed by atoms with van der Waals surface area (Å²) in [7, 11) is 1.71. The molecule has 1 fully saturated rings. The van der Waals surface area contributed by atoms with E-state index in [-0.39, 0.29) is 0 Å². The number of fused-ring (bicyclic) bond motifs is 1. The average Bonchev–Trinajstić information content (AvgIpc) is 3.28. The summed E-state index contributed by atoms with van der Waals surface area (Å²) in [4.78, 5) is 0. The quantitative estimate of drug-likeness (QED) is 0.874. The zero-order valence-electron chi connectivity index (χ0n) is 11.6. The van der Waals surface area contributed by atoms with Crippen molar-refractivity contribution < 1.29 is 4.74 Å². The molecule has 0 radical (unpaired) electrons. The van der Waals surface area contributed by atoms with Crippen LogP contribution in [0.15, 0.2) is 36.4 Å². The third-order valence-electron chi connectivity index (χ3n) is 3.95. The highest BCUT2D eigenvalue weighted by Crippen LogP contribution is 2.41. The number of hydrogen-bond donors (Lipinski definition) is 1. The van der Waals surface area contributed by atoms with E-state index >= 15 is 0 Å². The van der Waals surface area contributed by atoms with Crippen molar-refractivity contribution in [1.29, 1.82) is 0 Å². The van der Waals surface area contributed by atoms with Gasteiger partial charge in [0.05, 0.1) is 7.11 Å². The van der Waals surface area contributed by atoms with Gasteiger partial charge >= 0.3 is 0 Å². The number of benzene rings is 2. The first-order valence-electron chi connectivity index (χ1n) is 7.13. The van der Waals surface area contributed by atoms with Crippen molar-refractivity contribution in [3.63, 3.8) is 0 Å². The maximum absolute atomic E-state index is 5.27. The standard InChI is InChI=1S/C17H21NO/c1-3-18-17(12-4-5-12)15-7-6-14-11-16(19-2)9-8-13(14)10-15/h6-12,17-18H,3-5H2,1-2H3. The van der Waals surface area contributed by atoms with Gasteiger partial charge in [0.1, 0.15) is 5.75 Å². The zero-order valence-corrected chi connectivity index (χ0v) is 11.6. The lowest BCUT2D eigenvalue weighted by atomic mass is 9.98. The van der Waals surface area contributed by atoms with Gasteiger partial charge < -0.3 is 10.1 Å². The van der Waals surface area contributed by atoms with E-state index < -0.39 is 0 Å². The summed E-state index contributed by atoms with van der Waals surface area (Å²) >= 11 is 0. The number of hydrogen-bond acceptors (Lipinski definition) is 2. The van der Waals surface area contributed by atoms with Gasteiger partial charge in [-0.3, -0.25) is 0 Å². The van der Waals surface area contributed by atoms with Crippen molar-refractivity contribution in [2.24, 2.45) is 5.92 Å². The van der Waals surface area contributed by atoms with Gasteiger partial charge in [-0.15, -0.1) is 0 Å². The van der Waals surface area contributed by atoms with E-state index in [0.29, 0.717) is 6.04 Å². The smallest absolute Gasteiger partial charge is 0.119 e. The Morgan fingerprint density at radius 3 is 2.58 bits per heavy atom. The van der Waals surface area contributed by atoms with Crippen molar-refractivity contribution in [2.75, 3.05) is 13.7 Å². The molecular weight excluding hydrogens is 234 g/mol. The Kier molecular flexibility index (Phi) is 3.43. The normalized spacial score (nSPS) is 16.5. The molecule has 1 N–H and O–H groups in total. The van der Waals surface area contributed by atoms with Gasteiger partial charge in [0.2, 0.25) is 0 Å². The molecule has 0 bridgehead atoms. The lowest BCUT2D eigenvalue weighted by molar-refractivity contribution is 0.415. The number of rotatable bonds is 5. The Labute approximate surface area is 114 Å². The number of nitrogens with one attached hydrogen (secondary N) is 1. The molecule has 1 unspecified atom stereocenters. The van der Waals surface area contributed by atoms with Gasteiger partial charge in [0, 0.05) is 6.04 Å². The van der Waals surface area contributed by atoms with Crippen molar-refractivity contribution in [3.05, 3.63) is 42.0 Å². The molecule has 1 aliphatic carbocycles. The maximum Gasteiger partial charge on any atom is 0.119 e. The van der Waals surface area contributed by atoms with Crippen LogP contribution in [0.2, 0.25) is 0 Å². The fourth-order valence-electron chi connectivity index (χ4n) is 2.77. The summed E-state index contributed by atoms with van der Waals surface area (Å²) in [6.45, 7) is 3.21. The Bertz CT molecular complexity index is 574. The molecule has 0 heterocycles. The van der Waals surface area contributed by atoms with Crippen LogP contribution in [0.5, 0.6) is 5.75 Å². The first-order chi connectivity index (χ1) is 9.31. The van der Waals surface area contributed by atoms with Gasteiger partial charge in [0.25, 0.3) is 0 Å². The topological polar surface area (TPSA) is 21.3 Å². The summed E-state index contributed by atoms with van der Waals surface area (Å²) in [6.07, 6.45) is 2.72. The molecule has 100 valence electrons. The fraction of sp³-hybridized carbons (Fsp3) is 0.412. The third kappa shape index (κ3) is 2.59. The van der Waals surface area contributed by atoms with E-state index in [1.54, 1.807) is 7.11 Å². The molecule has 2 aromatic rings. The maximum atomic E-state index is 5.27. The van der Waals surface area contributed by atoms with Crippen LogP contribution in [0.4, 0.5) is 0 Å². The van der Waals surface area contributed by atoms with Crippen molar-refractivity contribution in [1.82, 2.24) is 5.32 Å². The predicted octanol–water partition coefficient (Wildman–Crippen LogP) is 3.91. The van der Waals surface area contributed by atoms with Crippen LogP contribution in [-0.2, 0) is 0 Å². The third-order valence-corrected chi connectivity index (χ3v) is 3.95. The van der Waals surface area contributed by atoms with Gasteiger partial charge in [-0.2, -0.15) is 0 Å². The van der Waals surface area contributed by atoms with Gasteiger partial charge in [-0.1, -0.05) is 25.1 Å². The molecule has 1 aliphatic rings. The molecule has 1 saturated carbocycles. The molecule has 0 aliphatic heterocycles. The molecule has 0 saturated heterocycles. The lowest BCUT2D eigenvalue weighted by Crippen LogP contribution is -2.22. The molecule has 0 aromatic heterocycles. The average molecular weight is 255 g/mol. The molecular formula is C17H21NO. The second-order valence-electron chi connectivity index (χ2n) is 5.35. The molecule has 19 heavy (non-hydrogen) atoms. The Hall–Kier alpha value is -1.54. The van der Waals surface area contributed by atoms with Crippen molar-refractivity contribution in [3.8, 4) is 5.75 Å². The summed E-state index contributed by atoms with van der Waals surface area (Å²) in [5.41, 5.74) is 1.42. The first-order valence-corrected chi connectivity index (χ1v) is 7.13. The van der Waals surface area contributed by atoms with Crippen LogP contribution in [0, 0.1) is 5.92 Å². The van der Waals surface area contributed by atoms with Crippen LogP contribution in [0.25, 0.3) is 10.8 Å². The van der Waals surface area contributed by atoms with E-state index in [9.17, 15) is 0 Å². The molecule has 2 nitrogen and oxygen atoms in total. The van der Waals surface area contributed by atoms with Crippen LogP contribution >= 0.6 is 0 Å². The molecule has 2 aromatic carbocycles. The van der Waals surface area contributed by atoms with E-state index in [1.807, 2.05) is 6.07 Å². The van der Waals surface area contributed by atoms with E-state index in [4.69, 9.17) is 4.74 Å². The van der Waals surface area contributed by atoms with Crippen LogP contribution in [0.1, 0.15) is 31.4 Å². The Balaban J connectivity index is 1.96. The van der Waals surface area contributed by atoms with Crippen LogP contribution in [-0.4, -0.2) is 13.7 Å². The Morgan fingerprint density at radius 1 is 1.16 bits per heavy atom. The zero-order chi connectivity index (χ0) is 13.2. The summed E-state index contributed by atoms with van der Waals surface area (Å²) in [6, 6.07) is 13.6. The fourth-order valence-corrected chi connectivity index (χ4v) is 2.77. The van der Waals surface area contributed by atoms with E-state index in [1.165, 1.54) is 29.2 Å². The summed E-state index contributed by atoms with van der Waals surface area (Å²) < 4.78 is 5.27. The Morgan fingerprint density at radius 2 is 1.89 bits per heavy atom. The first kappa shape index (κ1) is 12.5. The second kappa shape index (κ2) is 5.22. The second-order valence-corrected chi connectivity index (χ2v) is 5.35. The highest BCUT2D eigenvalue weighted by atomic mass is 16.5. The summed E-state index contributed by atoms with van der Waals surface area (Å²) in [5.74, 6) is 1.75. The van der Waals surface area contributed by atoms with Crippen molar-refractivity contribution in [2.45, 2.75) is 25.8 Å². The molecule has 3 rings (SSSR count). The lowest BCUT2D eigenvalue weighted by Gasteiger charge is -2.18. The minimum absolute atomic E-state index is 0.525. The largest absolute Gasteiger partial charge is 0.497 e. The monoisotopic (exact) mass is 255 g/mol. The predicted molar refractivity (Wildman–Crippen MR) is 79.6 cm³/mol. The van der Waals surface area contributed by atoms with Crippen LogP contribution in [0.3, 0.4) is 0 Å². The van der Waals surface area contributed by atoms with E-state index in [2.05, 4.69) is 42.6 Å². The minimum atomic E-state index is 0.525. The minimum Gasteiger partial charge on any atom is -0.497 e. The van der Waals surface area contributed by atoms with Gasteiger partial charge in [-0.25, -0.2) is 0 Å². The summed E-state index contributed by atoms with van der Waals surface area (Å²) in [5, 5.41) is 6.16. The van der Waals surface area contributed by atoms with Crippen molar-refractivity contribution >= 4 is 10.8 Å². The van der Waals surface area contributed by atoms with Gasteiger partial charge in [0.15, 0.2) is 0 Å². The number of ether oxygens (including phenoxy) is 1. The highest BCUT2D eigenvalue weighted by molar-refractivity contribution is 5.84. The SMILES string of the molecule is CCNC(c1ccc2cc(OC)ccc2c1)C1CC1. The highest BCUT2D eigenvalue weighted by Gasteiger charge is 2.31. The molecule has 2 heteroatoms. The molecule has 1 atom stereocenters. The molecule has 0 amide bonds. The number of methoxy groups -OCH3 is 1. The van der Waals surface area contributed by atoms with Gasteiger partial charge in [-0.05, 0) is 59.8 Å².